The van der Waals surface area contributed by atoms with Crippen molar-refractivity contribution in [1.29, 1.82) is 0 Å². The van der Waals surface area contributed by atoms with Gasteiger partial charge in [0.15, 0.2) is 0 Å². The number of rotatable bonds is 4. The highest BCUT2D eigenvalue weighted by molar-refractivity contribution is 7.87. The summed E-state index contributed by atoms with van der Waals surface area (Å²) in [7, 11) is -3.67. The minimum Gasteiger partial charge on any atom is -0.348 e. The second kappa shape index (κ2) is 3.41. The molecule has 0 aliphatic carbocycles. The topological polar surface area (TPSA) is 86.5 Å². The zero-order chi connectivity index (χ0) is 7.33. The summed E-state index contributed by atoms with van der Waals surface area (Å²) < 4.78 is 24.3. The summed E-state index contributed by atoms with van der Waals surface area (Å²) >= 11 is 0. The van der Waals surface area contributed by atoms with Gasteiger partial charge in [-0.1, -0.05) is 0 Å². The molecule has 0 aromatic heterocycles. The number of hydrogen-bond donors (Lipinski definition) is 1. The molecule has 0 spiro atoms. The Morgan fingerprint density at radius 2 is 2.11 bits per heavy atom. The zero-order valence-electron chi connectivity index (χ0n) is 4.61. The maximum Gasteiger partial charge on any atom is 0.312 e. The highest BCUT2D eigenvalue weighted by Gasteiger charge is 2.07. The first-order chi connectivity index (χ1) is 4.12. The van der Waals surface area contributed by atoms with Gasteiger partial charge in [0, 0.05) is 6.54 Å². The van der Waals surface area contributed by atoms with Gasteiger partial charge in [-0.3, -0.25) is 4.79 Å². The van der Waals surface area contributed by atoms with Crippen molar-refractivity contribution in [3.63, 3.8) is 0 Å². The fourth-order valence-electron chi connectivity index (χ4n) is 0.252. The predicted octanol–water partition coefficient (Wildman–Crippen LogP) is -1.55. The predicted molar refractivity (Wildman–Crippen MR) is 30.0 cm³/mol. The zero-order valence-corrected chi connectivity index (χ0v) is 5.43. The summed E-state index contributed by atoms with van der Waals surface area (Å²) in [5.41, 5.74) is 4.87. The van der Waals surface area contributed by atoms with E-state index in [4.69, 9.17) is 5.73 Å². The largest absolute Gasteiger partial charge is 0.348 e. The fourth-order valence-corrected chi connectivity index (χ4v) is 0.757. The van der Waals surface area contributed by atoms with Crippen LogP contribution < -0.4 is 5.73 Å². The molecule has 0 rings (SSSR count). The van der Waals surface area contributed by atoms with Crippen LogP contribution in [-0.2, 0) is 19.1 Å². The van der Waals surface area contributed by atoms with Crippen LogP contribution in [0.15, 0.2) is 0 Å². The molecule has 0 aromatic carbocycles. The second-order valence-corrected chi connectivity index (χ2v) is 2.96. The van der Waals surface area contributed by atoms with Gasteiger partial charge in [0.05, 0.1) is 5.75 Å². The molecule has 0 atom stereocenters. The molecule has 6 heteroatoms. The summed E-state index contributed by atoms with van der Waals surface area (Å²) in [5.74, 6) is -0.328. The van der Waals surface area contributed by atoms with Crippen LogP contribution in [0.3, 0.4) is 0 Å². The molecule has 0 aliphatic rings. The summed E-state index contributed by atoms with van der Waals surface area (Å²) in [4.78, 5) is 9.45. The summed E-state index contributed by atoms with van der Waals surface area (Å²) in [6.45, 7) is -0.179. The van der Waals surface area contributed by atoms with Crippen LogP contribution in [0.2, 0.25) is 0 Å². The molecule has 0 saturated carbocycles. The molecule has 0 heterocycles. The molecule has 54 valence electrons. The van der Waals surface area contributed by atoms with Gasteiger partial charge in [-0.15, -0.1) is 0 Å². The van der Waals surface area contributed by atoms with Gasteiger partial charge < -0.3 is 9.92 Å². The van der Waals surface area contributed by atoms with Gasteiger partial charge in [-0.2, -0.15) is 8.42 Å². The smallest absolute Gasteiger partial charge is 0.312 e. The molecule has 0 bridgehead atoms. The molecule has 0 saturated heterocycles. The SMILES string of the molecule is NCCS(=O)(=O)OC=O. The van der Waals surface area contributed by atoms with E-state index < -0.39 is 10.1 Å². The summed E-state index contributed by atoms with van der Waals surface area (Å²) in [6, 6.07) is 0. The first-order valence-electron chi connectivity index (χ1n) is 2.17. The molecule has 0 fully saturated rings. The lowest BCUT2D eigenvalue weighted by atomic mass is 10.8. The minimum atomic E-state index is -3.67. The Hall–Kier alpha value is -0.620. The maximum atomic E-state index is 10.3. The minimum absolute atomic E-state index is 0.0455. The molecule has 9 heavy (non-hydrogen) atoms. The highest BCUT2D eigenvalue weighted by Crippen LogP contribution is 1.86. The number of carbonyl (C=O) groups is 1. The van der Waals surface area contributed by atoms with Gasteiger partial charge in [0.2, 0.25) is 0 Å². The third-order valence-corrected chi connectivity index (χ3v) is 1.66. The highest BCUT2D eigenvalue weighted by atomic mass is 32.2. The number of hydrogen-bond acceptors (Lipinski definition) is 5. The molecular weight excluding hydrogens is 146 g/mol. The molecule has 5 nitrogen and oxygen atoms in total. The Kier molecular flexibility index (Phi) is 3.18. The van der Waals surface area contributed by atoms with Crippen molar-refractivity contribution in [1.82, 2.24) is 0 Å². The molecule has 0 aliphatic heterocycles. The Morgan fingerprint density at radius 1 is 1.56 bits per heavy atom. The van der Waals surface area contributed by atoms with E-state index in [1.54, 1.807) is 0 Å². The maximum absolute atomic E-state index is 10.3. The monoisotopic (exact) mass is 153 g/mol. The number of nitrogens with two attached hydrogens (primary N) is 1. The molecule has 0 aromatic rings. The summed E-state index contributed by atoms with van der Waals surface area (Å²) in [6.07, 6.45) is 0. The van der Waals surface area contributed by atoms with Gasteiger partial charge >= 0.3 is 16.6 Å². The van der Waals surface area contributed by atoms with E-state index in [9.17, 15) is 13.2 Å². The van der Waals surface area contributed by atoms with E-state index in [0.29, 0.717) is 0 Å². The molecule has 2 N–H and O–H groups in total. The average Bonchev–Trinajstić information content (AvgIpc) is 1.64. The Bertz CT molecular complexity index is 172. The molecule has 0 amide bonds. The lowest BCUT2D eigenvalue weighted by molar-refractivity contribution is -0.120. The van der Waals surface area contributed by atoms with E-state index in [0.717, 1.165) is 0 Å². The average molecular weight is 153 g/mol. The quantitative estimate of drug-likeness (QED) is 0.390. The van der Waals surface area contributed by atoms with Crippen LogP contribution in [-0.4, -0.2) is 27.2 Å². The standard InChI is InChI=1S/C3H7NO4S/c4-1-2-9(6,7)8-3-5/h3H,1-2,4H2. The lowest BCUT2D eigenvalue weighted by Crippen LogP contribution is -2.17. The van der Waals surface area contributed by atoms with Crippen molar-refractivity contribution >= 4 is 16.6 Å². The van der Waals surface area contributed by atoms with Gasteiger partial charge in [-0.25, -0.2) is 0 Å². The molecular formula is C3H7NO4S. The normalized spacial score (nSPS) is 10.8. The van der Waals surface area contributed by atoms with Crippen LogP contribution in [0.4, 0.5) is 0 Å². The van der Waals surface area contributed by atoms with Crippen LogP contribution in [0.5, 0.6) is 0 Å². The lowest BCUT2D eigenvalue weighted by Gasteiger charge is -1.94. The van der Waals surface area contributed by atoms with Crippen LogP contribution in [0, 0.1) is 0 Å². The van der Waals surface area contributed by atoms with Crippen molar-refractivity contribution in [2.24, 2.45) is 5.73 Å². The van der Waals surface area contributed by atoms with E-state index >= 15 is 0 Å². The van der Waals surface area contributed by atoms with Crippen LogP contribution >= 0.6 is 0 Å². The Balaban J connectivity index is 3.88. The third-order valence-electron chi connectivity index (χ3n) is 0.554. The number of carbonyl (C=O) groups excluding carboxylic acids is 1. The second-order valence-electron chi connectivity index (χ2n) is 1.24. The van der Waals surface area contributed by atoms with E-state index in [1.807, 2.05) is 0 Å². The third kappa shape index (κ3) is 3.92. The van der Waals surface area contributed by atoms with Crippen LogP contribution in [0.25, 0.3) is 0 Å². The first kappa shape index (κ1) is 8.38. The van der Waals surface area contributed by atoms with Gasteiger partial charge in [-0.05, 0) is 0 Å². The van der Waals surface area contributed by atoms with Crippen molar-refractivity contribution < 1.29 is 17.4 Å². The Labute approximate surface area is 52.9 Å². The Morgan fingerprint density at radius 3 is 2.44 bits per heavy atom. The van der Waals surface area contributed by atoms with Crippen molar-refractivity contribution in [2.75, 3.05) is 12.3 Å². The summed E-state index contributed by atoms with van der Waals surface area (Å²) in [5, 5.41) is 0. The van der Waals surface area contributed by atoms with Crippen molar-refractivity contribution in [3.05, 3.63) is 0 Å². The van der Waals surface area contributed by atoms with Crippen molar-refractivity contribution in [2.45, 2.75) is 0 Å². The van der Waals surface area contributed by atoms with E-state index in [2.05, 4.69) is 4.18 Å². The van der Waals surface area contributed by atoms with Crippen LogP contribution in [0.1, 0.15) is 0 Å². The first-order valence-corrected chi connectivity index (χ1v) is 3.75. The van der Waals surface area contributed by atoms with Gasteiger partial charge in [0.1, 0.15) is 0 Å². The van der Waals surface area contributed by atoms with Gasteiger partial charge in [0.25, 0.3) is 0 Å². The van der Waals surface area contributed by atoms with Crippen molar-refractivity contribution in [3.8, 4) is 0 Å². The van der Waals surface area contributed by atoms with E-state index in [-0.39, 0.29) is 18.8 Å². The fraction of sp³-hybridized carbons (Fsp3) is 0.667. The molecule has 0 radical (unpaired) electrons. The molecule has 0 unspecified atom stereocenters. The van der Waals surface area contributed by atoms with E-state index in [1.165, 1.54) is 0 Å².